The van der Waals surface area contributed by atoms with Crippen molar-refractivity contribution >= 4 is 0 Å². The van der Waals surface area contributed by atoms with Crippen LogP contribution in [0.1, 0.15) is 22.6 Å². The molecule has 2 aromatic rings. The Morgan fingerprint density at radius 2 is 1.64 bits per heavy atom. The molecule has 22 heavy (non-hydrogen) atoms. The van der Waals surface area contributed by atoms with Gasteiger partial charge in [-0.3, -0.25) is 4.90 Å². The van der Waals surface area contributed by atoms with Crippen molar-refractivity contribution in [3.63, 3.8) is 0 Å². The first-order valence-electron chi connectivity index (χ1n) is 8.13. The first-order chi connectivity index (χ1) is 10.6. The molecule has 1 aliphatic rings. The van der Waals surface area contributed by atoms with E-state index in [0.29, 0.717) is 12.0 Å². The Bertz CT molecular complexity index is 589. The first-order valence-corrected chi connectivity index (χ1v) is 8.13. The zero-order valence-electron chi connectivity index (χ0n) is 13.9. The second kappa shape index (κ2) is 6.64. The van der Waals surface area contributed by atoms with Crippen molar-refractivity contribution in [3.05, 3.63) is 71.3 Å². The Hall–Kier alpha value is -1.64. The minimum atomic E-state index is 0.589. The molecule has 2 atom stereocenters. The summed E-state index contributed by atoms with van der Waals surface area (Å²) < 4.78 is 0. The molecule has 0 spiro atoms. The molecule has 0 N–H and O–H groups in total. The maximum Gasteiger partial charge on any atom is 0.0298 e. The van der Waals surface area contributed by atoms with Gasteiger partial charge in [0.25, 0.3) is 0 Å². The van der Waals surface area contributed by atoms with Crippen LogP contribution in [0, 0.1) is 6.92 Å². The molecule has 2 nitrogen and oxygen atoms in total. The summed E-state index contributed by atoms with van der Waals surface area (Å²) in [5, 5.41) is 0. The van der Waals surface area contributed by atoms with Gasteiger partial charge in [0, 0.05) is 31.6 Å². The summed E-state index contributed by atoms with van der Waals surface area (Å²) in [5.74, 6) is 0.597. The minimum Gasteiger partial charge on any atom is -0.305 e. The van der Waals surface area contributed by atoms with Crippen molar-refractivity contribution in [2.24, 2.45) is 0 Å². The highest BCUT2D eigenvalue weighted by atomic mass is 15.2. The predicted molar refractivity (Wildman–Crippen MR) is 93.1 cm³/mol. The number of likely N-dealkylation sites (tertiary alicyclic amines) is 1. The second-order valence-electron chi connectivity index (χ2n) is 6.73. The number of hydrogen-bond donors (Lipinski definition) is 0. The van der Waals surface area contributed by atoms with Gasteiger partial charge in [-0.15, -0.1) is 0 Å². The molecule has 1 fully saturated rings. The number of rotatable bonds is 4. The quantitative estimate of drug-likeness (QED) is 0.851. The topological polar surface area (TPSA) is 6.48 Å². The molecule has 1 aliphatic heterocycles. The highest BCUT2D eigenvalue weighted by molar-refractivity contribution is 5.28. The molecule has 2 aromatic carbocycles. The fourth-order valence-electron chi connectivity index (χ4n) is 3.50. The lowest BCUT2D eigenvalue weighted by atomic mass is 9.93. The average Bonchev–Trinajstić information content (AvgIpc) is 2.93. The van der Waals surface area contributed by atoms with Crippen molar-refractivity contribution in [1.82, 2.24) is 9.80 Å². The van der Waals surface area contributed by atoms with E-state index in [2.05, 4.69) is 85.4 Å². The van der Waals surface area contributed by atoms with E-state index in [1.54, 1.807) is 0 Å². The molecule has 0 amide bonds. The van der Waals surface area contributed by atoms with E-state index < -0.39 is 0 Å². The molecule has 116 valence electrons. The zero-order valence-corrected chi connectivity index (χ0v) is 13.9. The number of hydrogen-bond acceptors (Lipinski definition) is 2. The van der Waals surface area contributed by atoms with Crippen LogP contribution in [0.2, 0.25) is 0 Å². The number of nitrogens with zero attached hydrogens (tertiary/aromatic N) is 2. The molecular weight excluding hydrogens is 268 g/mol. The second-order valence-corrected chi connectivity index (χ2v) is 6.73. The number of likely N-dealkylation sites (N-methyl/N-ethyl adjacent to an activating group) is 1. The van der Waals surface area contributed by atoms with Crippen LogP contribution in [0.3, 0.4) is 0 Å². The van der Waals surface area contributed by atoms with Crippen molar-refractivity contribution in [1.29, 1.82) is 0 Å². The molecule has 0 aromatic heterocycles. The van der Waals surface area contributed by atoms with Gasteiger partial charge in [0.1, 0.15) is 0 Å². The van der Waals surface area contributed by atoms with E-state index in [1.165, 1.54) is 16.7 Å². The normalized spacial score (nSPS) is 22.4. The lowest BCUT2D eigenvalue weighted by Crippen LogP contribution is -2.34. The summed E-state index contributed by atoms with van der Waals surface area (Å²) in [6.07, 6.45) is 0. The van der Waals surface area contributed by atoms with Crippen molar-refractivity contribution in [2.45, 2.75) is 25.4 Å². The molecule has 1 heterocycles. The summed E-state index contributed by atoms with van der Waals surface area (Å²) in [6, 6.07) is 20.5. The monoisotopic (exact) mass is 294 g/mol. The van der Waals surface area contributed by atoms with Gasteiger partial charge >= 0.3 is 0 Å². The molecule has 1 saturated heterocycles. The van der Waals surface area contributed by atoms with Crippen LogP contribution in [0.4, 0.5) is 0 Å². The minimum absolute atomic E-state index is 0.589. The van der Waals surface area contributed by atoms with Crippen LogP contribution >= 0.6 is 0 Å². The van der Waals surface area contributed by atoms with E-state index in [-0.39, 0.29) is 0 Å². The van der Waals surface area contributed by atoms with Gasteiger partial charge in [-0.1, -0.05) is 60.2 Å². The molecule has 0 aliphatic carbocycles. The summed E-state index contributed by atoms with van der Waals surface area (Å²) >= 11 is 0. The summed E-state index contributed by atoms with van der Waals surface area (Å²) in [7, 11) is 4.41. The van der Waals surface area contributed by atoms with Crippen molar-refractivity contribution in [2.75, 3.05) is 27.2 Å². The maximum absolute atomic E-state index is 2.59. The first kappa shape index (κ1) is 15.3. The van der Waals surface area contributed by atoms with Crippen LogP contribution in [0.5, 0.6) is 0 Å². The fraction of sp³-hybridized carbons (Fsp3) is 0.400. The van der Waals surface area contributed by atoms with Crippen molar-refractivity contribution in [3.8, 4) is 0 Å². The van der Waals surface area contributed by atoms with Crippen LogP contribution in [-0.2, 0) is 6.54 Å². The van der Waals surface area contributed by atoms with Crippen molar-refractivity contribution < 1.29 is 0 Å². The van der Waals surface area contributed by atoms with Crippen LogP contribution in [-0.4, -0.2) is 43.0 Å². The van der Waals surface area contributed by atoms with E-state index in [0.717, 1.165) is 19.6 Å². The Balaban J connectivity index is 1.76. The van der Waals surface area contributed by atoms with Gasteiger partial charge in [-0.2, -0.15) is 0 Å². The Labute approximate surface area is 134 Å². The summed E-state index contributed by atoms with van der Waals surface area (Å²) in [4.78, 5) is 4.97. The molecular formula is C20H26N2. The summed E-state index contributed by atoms with van der Waals surface area (Å²) in [5.41, 5.74) is 4.22. The largest absolute Gasteiger partial charge is 0.305 e. The van der Waals surface area contributed by atoms with Crippen LogP contribution in [0.15, 0.2) is 54.6 Å². The van der Waals surface area contributed by atoms with Gasteiger partial charge < -0.3 is 4.90 Å². The highest BCUT2D eigenvalue weighted by Gasteiger charge is 2.34. The Morgan fingerprint density at radius 3 is 2.27 bits per heavy atom. The Kier molecular flexibility index (Phi) is 4.60. The standard InChI is InChI=1S/C20H26N2/c1-16-9-11-18(12-10-16)19-14-22(15-20(19)21(2)3)13-17-7-5-4-6-8-17/h4-12,19-20H,13-15H2,1-3H3. The lowest BCUT2D eigenvalue weighted by molar-refractivity contribution is 0.260. The third-order valence-electron chi connectivity index (χ3n) is 4.78. The van der Waals surface area contributed by atoms with Gasteiger partial charge in [0.2, 0.25) is 0 Å². The molecule has 0 saturated carbocycles. The maximum atomic E-state index is 2.59. The van der Waals surface area contributed by atoms with E-state index in [4.69, 9.17) is 0 Å². The molecule has 2 unspecified atom stereocenters. The average molecular weight is 294 g/mol. The van der Waals surface area contributed by atoms with E-state index >= 15 is 0 Å². The molecule has 0 bridgehead atoms. The van der Waals surface area contributed by atoms with Crippen LogP contribution < -0.4 is 0 Å². The van der Waals surface area contributed by atoms with Gasteiger partial charge in [0.05, 0.1) is 0 Å². The van der Waals surface area contributed by atoms with E-state index in [9.17, 15) is 0 Å². The van der Waals surface area contributed by atoms with Gasteiger partial charge in [-0.05, 0) is 32.1 Å². The molecule has 0 radical (unpaired) electrons. The lowest BCUT2D eigenvalue weighted by Gasteiger charge is -2.25. The summed E-state index contributed by atoms with van der Waals surface area (Å²) in [6.45, 7) is 5.48. The zero-order chi connectivity index (χ0) is 15.5. The third kappa shape index (κ3) is 3.40. The number of aryl methyl sites for hydroxylation is 1. The SMILES string of the molecule is Cc1ccc(C2CN(Cc3ccccc3)CC2N(C)C)cc1. The third-order valence-corrected chi connectivity index (χ3v) is 4.78. The van der Waals surface area contributed by atoms with E-state index in [1.807, 2.05) is 0 Å². The fourth-order valence-corrected chi connectivity index (χ4v) is 3.50. The highest BCUT2D eigenvalue weighted by Crippen LogP contribution is 2.31. The molecule has 2 heteroatoms. The van der Waals surface area contributed by atoms with Crippen LogP contribution in [0.25, 0.3) is 0 Å². The smallest absolute Gasteiger partial charge is 0.0298 e. The Morgan fingerprint density at radius 1 is 0.955 bits per heavy atom. The van der Waals surface area contributed by atoms with Gasteiger partial charge in [-0.25, -0.2) is 0 Å². The molecule has 3 rings (SSSR count). The predicted octanol–water partition coefficient (Wildman–Crippen LogP) is 3.52. The number of benzene rings is 2. The van der Waals surface area contributed by atoms with Gasteiger partial charge in [0.15, 0.2) is 0 Å².